The molecule has 0 spiro atoms. The summed E-state index contributed by atoms with van der Waals surface area (Å²) >= 11 is 0. The molecule has 2 heterocycles. The van der Waals surface area contributed by atoms with E-state index in [-0.39, 0.29) is 5.91 Å². The van der Waals surface area contributed by atoms with Gasteiger partial charge >= 0.3 is 0 Å². The molecule has 4 rings (SSSR count). The Labute approximate surface area is 191 Å². The van der Waals surface area contributed by atoms with E-state index in [0.29, 0.717) is 12.5 Å². The number of nitrogens with one attached hydrogen (secondary N) is 2. The van der Waals surface area contributed by atoms with E-state index in [1.165, 1.54) is 22.4 Å². The van der Waals surface area contributed by atoms with E-state index in [0.717, 1.165) is 57.9 Å². The molecule has 1 atom stereocenters. The van der Waals surface area contributed by atoms with Crippen LogP contribution >= 0.6 is 0 Å². The van der Waals surface area contributed by atoms with E-state index in [1.807, 2.05) is 4.90 Å². The highest BCUT2D eigenvalue weighted by Crippen LogP contribution is 2.21. The monoisotopic (exact) mass is 433 g/mol. The van der Waals surface area contributed by atoms with Gasteiger partial charge in [0.15, 0.2) is 5.96 Å². The Kier molecular flexibility index (Phi) is 7.30. The zero-order valence-corrected chi connectivity index (χ0v) is 19.3. The number of hydrogen-bond donors (Lipinski definition) is 2. The Morgan fingerprint density at radius 3 is 2.66 bits per heavy atom. The molecule has 170 valence electrons. The van der Waals surface area contributed by atoms with Crippen LogP contribution in [-0.4, -0.2) is 56.0 Å². The average Bonchev–Trinajstić information content (AvgIpc) is 3.29. The lowest BCUT2D eigenvalue weighted by Crippen LogP contribution is -2.45. The molecule has 32 heavy (non-hydrogen) atoms. The van der Waals surface area contributed by atoms with Crippen LogP contribution in [0.25, 0.3) is 0 Å². The summed E-state index contributed by atoms with van der Waals surface area (Å²) in [5.74, 6) is 1.06. The largest absolute Gasteiger partial charge is 0.369 e. The highest BCUT2D eigenvalue weighted by atomic mass is 16.2. The van der Waals surface area contributed by atoms with Gasteiger partial charge in [-0.2, -0.15) is 0 Å². The van der Waals surface area contributed by atoms with E-state index in [9.17, 15) is 4.79 Å². The predicted molar refractivity (Wildman–Crippen MR) is 131 cm³/mol. The van der Waals surface area contributed by atoms with E-state index >= 15 is 0 Å². The standard InChI is InChI=1S/C26H35N5O/c1-20-9-11-24(12-10-20)30-17-14-23(19-30)29-26(27-2)28-15-5-8-25(32)31-16-13-21-6-3-4-7-22(21)18-31/h3-4,6-7,9-12,23H,5,8,13-19H2,1-2H3,(H2,27,28,29). The van der Waals surface area contributed by atoms with Crippen LogP contribution in [0.2, 0.25) is 0 Å². The third-order valence-electron chi connectivity index (χ3n) is 6.50. The molecular weight excluding hydrogens is 398 g/mol. The number of anilines is 1. The van der Waals surface area contributed by atoms with Gasteiger partial charge in [0, 0.05) is 57.9 Å². The second-order valence-corrected chi connectivity index (χ2v) is 8.85. The molecular formula is C26H35N5O. The van der Waals surface area contributed by atoms with Crippen molar-refractivity contribution in [2.24, 2.45) is 4.99 Å². The lowest BCUT2D eigenvalue weighted by molar-refractivity contribution is -0.132. The number of aliphatic imine (C=N–C) groups is 1. The minimum Gasteiger partial charge on any atom is -0.369 e. The molecule has 1 unspecified atom stereocenters. The first-order valence-corrected chi connectivity index (χ1v) is 11.8. The van der Waals surface area contributed by atoms with E-state index < -0.39 is 0 Å². The van der Waals surface area contributed by atoms with Gasteiger partial charge in [-0.25, -0.2) is 0 Å². The molecule has 2 aliphatic heterocycles. The van der Waals surface area contributed by atoms with Gasteiger partial charge in [-0.1, -0.05) is 42.0 Å². The van der Waals surface area contributed by atoms with Crippen molar-refractivity contribution < 1.29 is 4.79 Å². The molecule has 6 nitrogen and oxygen atoms in total. The Bertz CT molecular complexity index is 939. The van der Waals surface area contributed by atoms with Gasteiger partial charge in [0.05, 0.1) is 0 Å². The van der Waals surface area contributed by atoms with Crippen LogP contribution < -0.4 is 15.5 Å². The summed E-state index contributed by atoms with van der Waals surface area (Å²) in [5, 5.41) is 6.92. The summed E-state index contributed by atoms with van der Waals surface area (Å²) in [4.78, 5) is 21.4. The maximum atomic E-state index is 12.6. The first-order valence-electron chi connectivity index (χ1n) is 11.8. The SMILES string of the molecule is CN=C(NCCCC(=O)N1CCc2ccccc2C1)NC1CCN(c2ccc(C)cc2)C1. The molecule has 0 bridgehead atoms. The zero-order valence-electron chi connectivity index (χ0n) is 19.3. The number of fused-ring (bicyclic) bond motifs is 1. The number of benzene rings is 2. The molecule has 0 saturated carbocycles. The van der Waals surface area contributed by atoms with Crippen LogP contribution in [0.5, 0.6) is 0 Å². The van der Waals surface area contributed by atoms with Crippen molar-refractivity contribution in [1.29, 1.82) is 0 Å². The van der Waals surface area contributed by atoms with Crippen molar-refractivity contribution in [3.63, 3.8) is 0 Å². The van der Waals surface area contributed by atoms with Crippen molar-refractivity contribution in [3.05, 3.63) is 65.2 Å². The molecule has 0 aliphatic carbocycles. The lowest BCUT2D eigenvalue weighted by atomic mass is 9.99. The normalized spacial score (nSPS) is 18.4. The number of rotatable bonds is 6. The fourth-order valence-corrected chi connectivity index (χ4v) is 4.57. The second kappa shape index (κ2) is 10.5. The highest BCUT2D eigenvalue weighted by molar-refractivity contribution is 5.80. The maximum Gasteiger partial charge on any atom is 0.222 e. The Morgan fingerprint density at radius 1 is 1.09 bits per heavy atom. The molecule has 6 heteroatoms. The molecule has 2 aromatic carbocycles. The van der Waals surface area contributed by atoms with Gasteiger partial charge in [0.2, 0.25) is 5.91 Å². The summed E-state index contributed by atoms with van der Waals surface area (Å²) in [6.45, 7) is 6.44. The molecule has 1 saturated heterocycles. The third kappa shape index (κ3) is 5.61. The van der Waals surface area contributed by atoms with E-state index in [2.05, 4.69) is 76.0 Å². The molecule has 2 aromatic rings. The van der Waals surface area contributed by atoms with Gasteiger partial charge in [0.25, 0.3) is 0 Å². The first kappa shape index (κ1) is 22.2. The molecule has 2 aliphatic rings. The van der Waals surface area contributed by atoms with Crippen molar-refractivity contribution in [1.82, 2.24) is 15.5 Å². The summed E-state index contributed by atoms with van der Waals surface area (Å²) in [6, 6.07) is 17.5. The number of hydrogen-bond acceptors (Lipinski definition) is 3. The highest BCUT2D eigenvalue weighted by Gasteiger charge is 2.23. The van der Waals surface area contributed by atoms with Gasteiger partial charge in [0.1, 0.15) is 0 Å². The Hall–Kier alpha value is -3.02. The van der Waals surface area contributed by atoms with Crippen molar-refractivity contribution >= 4 is 17.6 Å². The van der Waals surface area contributed by atoms with Crippen LogP contribution in [-0.2, 0) is 17.8 Å². The van der Waals surface area contributed by atoms with Crippen LogP contribution in [0, 0.1) is 6.92 Å². The number of carbonyl (C=O) groups is 1. The van der Waals surface area contributed by atoms with Crippen LogP contribution in [0.3, 0.4) is 0 Å². The summed E-state index contributed by atoms with van der Waals surface area (Å²) in [5.41, 5.74) is 5.23. The summed E-state index contributed by atoms with van der Waals surface area (Å²) in [6.07, 6.45) is 3.41. The Balaban J connectivity index is 1.16. The molecule has 1 amide bonds. The zero-order chi connectivity index (χ0) is 22.3. The first-order chi connectivity index (χ1) is 15.6. The fraction of sp³-hybridized carbons (Fsp3) is 0.462. The molecule has 0 radical (unpaired) electrons. The van der Waals surface area contributed by atoms with Crippen LogP contribution in [0.15, 0.2) is 53.5 Å². The van der Waals surface area contributed by atoms with Crippen molar-refractivity contribution in [3.8, 4) is 0 Å². The maximum absolute atomic E-state index is 12.6. The number of guanidine groups is 1. The number of nitrogens with zero attached hydrogens (tertiary/aromatic N) is 3. The fourth-order valence-electron chi connectivity index (χ4n) is 4.57. The van der Waals surface area contributed by atoms with E-state index in [4.69, 9.17) is 0 Å². The van der Waals surface area contributed by atoms with Crippen molar-refractivity contribution in [2.75, 3.05) is 38.1 Å². The number of amides is 1. The minimum atomic E-state index is 0.244. The van der Waals surface area contributed by atoms with Crippen molar-refractivity contribution in [2.45, 2.75) is 45.2 Å². The smallest absolute Gasteiger partial charge is 0.222 e. The average molecular weight is 434 g/mol. The molecule has 0 aromatic heterocycles. The van der Waals surface area contributed by atoms with Gasteiger partial charge in [-0.3, -0.25) is 9.79 Å². The predicted octanol–water partition coefficient (Wildman–Crippen LogP) is 3.10. The summed E-state index contributed by atoms with van der Waals surface area (Å²) < 4.78 is 0. The van der Waals surface area contributed by atoms with E-state index in [1.54, 1.807) is 7.05 Å². The van der Waals surface area contributed by atoms with Gasteiger partial charge < -0.3 is 20.4 Å². The summed E-state index contributed by atoms with van der Waals surface area (Å²) in [7, 11) is 1.80. The van der Waals surface area contributed by atoms with Crippen LogP contribution in [0.4, 0.5) is 5.69 Å². The van der Waals surface area contributed by atoms with Gasteiger partial charge in [-0.05, 0) is 49.4 Å². The molecule has 2 N–H and O–H groups in total. The third-order valence-corrected chi connectivity index (χ3v) is 6.50. The minimum absolute atomic E-state index is 0.244. The topological polar surface area (TPSA) is 60.0 Å². The van der Waals surface area contributed by atoms with Gasteiger partial charge in [-0.15, -0.1) is 0 Å². The number of carbonyl (C=O) groups excluding carboxylic acids is 1. The quantitative estimate of drug-likeness (QED) is 0.418. The molecule has 1 fully saturated rings. The lowest BCUT2D eigenvalue weighted by Gasteiger charge is -2.29. The number of aryl methyl sites for hydroxylation is 1. The Morgan fingerprint density at radius 2 is 1.88 bits per heavy atom. The second-order valence-electron chi connectivity index (χ2n) is 8.85. The van der Waals surface area contributed by atoms with Crippen LogP contribution in [0.1, 0.15) is 36.0 Å².